The fourth-order valence-electron chi connectivity index (χ4n) is 1.45. The number of rotatable bonds is 3. The Morgan fingerprint density at radius 1 is 1.29 bits per heavy atom. The predicted molar refractivity (Wildman–Crippen MR) is 73.6 cm³/mol. The van der Waals surface area contributed by atoms with Crippen molar-refractivity contribution in [3.63, 3.8) is 0 Å². The van der Waals surface area contributed by atoms with Gasteiger partial charge in [-0.05, 0) is 55.9 Å². The van der Waals surface area contributed by atoms with Crippen LogP contribution in [0.2, 0.25) is 0 Å². The maximum Gasteiger partial charge on any atom is 0.244 e. The first-order chi connectivity index (χ1) is 8.03. The molecule has 0 aliphatic heterocycles. The quantitative estimate of drug-likeness (QED) is 0.877. The van der Waals surface area contributed by atoms with Gasteiger partial charge < -0.3 is 10.6 Å². The van der Waals surface area contributed by atoms with Crippen molar-refractivity contribution in [3.05, 3.63) is 29.6 Å². The van der Waals surface area contributed by atoms with Crippen molar-refractivity contribution < 1.29 is 4.79 Å². The molecule has 2 rings (SSSR count). The van der Waals surface area contributed by atoms with Crippen LogP contribution in [-0.2, 0) is 4.79 Å². The van der Waals surface area contributed by atoms with Crippen LogP contribution in [0.25, 0.3) is 10.1 Å². The molecule has 3 nitrogen and oxygen atoms in total. The second-order valence-corrected chi connectivity index (χ2v) is 5.45. The minimum absolute atomic E-state index is 0.0328. The normalized spacial score (nSPS) is 11.7. The van der Waals surface area contributed by atoms with Gasteiger partial charge >= 0.3 is 0 Å². The highest BCUT2D eigenvalue weighted by molar-refractivity contribution is 7.17. The molecular formula is C13H16N2OS. The van der Waals surface area contributed by atoms with Crippen LogP contribution >= 0.6 is 11.3 Å². The molecule has 0 fully saturated rings. The molecule has 4 heteroatoms. The highest BCUT2D eigenvalue weighted by Crippen LogP contribution is 2.24. The molecule has 0 unspecified atom stereocenters. The van der Waals surface area contributed by atoms with Gasteiger partial charge in [-0.3, -0.25) is 4.79 Å². The molecule has 2 N–H and O–H groups in total. The second-order valence-electron chi connectivity index (χ2n) is 4.50. The smallest absolute Gasteiger partial charge is 0.244 e. The van der Waals surface area contributed by atoms with Crippen LogP contribution in [0.1, 0.15) is 13.8 Å². The first kappa shape index (κ1) is 12.1. The number of hydrogen-bond donors (Lipinski definition) is 2. The summed E-state index contributed by atoms with van der Waals surface area (Å²) in [5, 5.41) is 9.11. The van der Waals surface area contributed by atoms with Gasteiger partial charge in [-0.15, -0.1) is 11.3 Å². The highest BCUT2D eigenvalue weighted by atomic mass is 32.1. The van der Waals surface area contributed by atoms with E-state index < -0.39 is 5.54 Å². The van der Waals surface area contributed by atoms with Gasteiger partial charge in [0.2, 0.25) is 5.91 Å². The molecule has 1 aromatic heterocycles. The Morgan fingerprint density at radius 2 is 2.06 bits per heavy atom. The lowest BCUT2D eigenvalue weighted by molar-refractivity contribution is -0.121. The molecule has 0 aliphatic rings. The average Bonchev–Trinajstić information content (AvgIpc) is 2.76. The third kappa shape index (κ3) is 2.48. The third-order valence-electron chi connectivity index (χ3n) is 2.90. The van der Waals surface area contributed by atoms with Crippen LogP contribution in [0.5, 0.6) is 0 Å². The molecule has 0 aliphatic carbocycles. The summed E-state index contributed by atoms with van der Waals surface area (Å²) in [6, 6.07) is 8.01. The van der Waals surface area contributed by atoms with Crippen molar-refractivity contribution in [1.29, 1.82) is 0 Å². The van der Waals surface area contributed by atoms with Crippen LogP contribution in [0.15, 0.2) is 29.6 Å². The summed E-state index contributed by atoms with van der Waals surface area (Å²) in [6.45, 7) is 3.71. The fourth-order valence-corrected chi connectivity index (χ4v) is 2.22. The Hall–Kier alpha value is -1.39. The molecule has 17 heavy (non-hydrogen) atoms. The van der Waals surface area contributed by atoms with Crippen LogP contribution < -0.4 is 10.6 Å². The zero-order valence-corrected chi connectivity index (χ0v) is 11.0. The molecule has 0 radical (unpaired) electrons. The largest absolute Gasteiger partial charge is 0.324 e. The lowest BCUT2D eigenvalue weighted by Gasteiger charge is -2.22. The van der Waals surface area contributed by atoms with Gasteiger partial charge in [0.25, 0.3) is 0 Å². The van der Waals surface area contributed by atoms with Crippen LogP contribution in [-0.4, -0.2) is 18.5 Å². The van der Waals surface area contributed by atoms with Gasteiger partial charge in [-0.2, -0.15) is 0 Å². The van der Waals surface area contributed by atoms with Gasteiger partial charge in [0.15, 0.2) is 0 Å². The van der Waals surface area contributed by atoms with E-state index in [1.807, 2.05) is 37.4 Å². The van der Waals surface area contributed by atoms with Crippen molar-refractivity contribution >= 4 is 33.0 Å². The van der Waals surface area contributed by atoms with E-state index in [4.69, 9.17) is 0 Å². The summed E-state index contributed by atoms with van der Waals surface area (Å²) >= 11 is 1.70. The maximum absolute atomic E-state index is 12.0. The van der Waals surface area contributed by atoms with E-state index in [0.29, 0.717) is 0 Å². The molecule has 1 amide bonds. The Morgan fingerprint density at radius 3 is 2.76 bits per heavy atom. The predicted octanol–water partition coefficient (Wildman–Crippen LogP) is 2.84. The van der Waals surface area contributed by atoms with Gasteiger partial charge in [-0.25, -0.2) is 0 Å². The lowest BCUT2D eigenvalue weighted by Crippen LogP contribution is -2.47. The standard InChI is InChI=1S/C13H16N2OS/c1-13(2,14-3)12(16)15-10-4-5-11-9(8-10)6-7-17-11/h4-8,14H,1-3H3,(H,15,16). The van der Waals surface area contributed by atoms with Gasteiger partial charge in [0.1, 0.15) is 0 Å². The summed E-state index contributed by atoms with van der Waals surface area (Å²) in [6.07, 6.45) is 0. The van der Waals surface area contributed by atoms with E-state index in [9.17, 15) is 4.79 Å². The third-order valence-corrected chi connectivity index (χ3v) is 3.80. The molecule has 90 valence electrons. The molecule has 0 bridgehead atoms. The number of carbonyl (C=O) groups is 1. The number of carbonyl (C=O) groups excluding carboxylic acids is 1. The molecule has 2 aromatic rings. The summed E-state index contributed by atoms with van der Waals surface area (Å²) in [4.78, 5) is 12.0. The van der Waals surface area contributed by atoms with Crippen LogP contribution in [0.4, 0.5) is 5.69 Å². The molecule has 0 saturated carbocycles. The minimum atomic E-state index is -0.566. The molecule has 0 spiro atoms. The number of amides is 1. The second kappa shape index (κ2) is 4.47. The fraction of sp³-hybridized carbons (Fsp3) is 0.308. The summed E-state index contributed by atoms with van der Waals surface area (Å²) < 4.78 is 1.23. The Labute approximate surface area is 105 Å². The number of nitrogens with one attached hydrogen (secondary N) is 2. The molecule has 1 heterocycles. The van der Waals surface area contributed by atoms with Crippen molar-refractivity contribution in [2.45, 2.75) is 19.4 Å². The molecule has 0 saturated heterocycles. The number of hydrogen-bond acceptors (Lipinski definition) is 3. The monoisotopic (exact) mass is 248 g/mol. The van der Waals surface area contributed by atoms with Gasteiger partial charge in [0.05, 0.1) is 5.54 Å². The minimum Gasteiger partial charge on any atom is -0.324 e. The van der Waals surface area contributed by atoms with Gasteiger partial charge in [0, 0.05) is 10.4 Å². The summed E-state index contributed by atoms with van der Waals surface area (Å²) in [7, 11) is 1.78. The molecule has 1 aromatic carbocycles. The van der Waals surface area contributed by atoms with E-state index in [-0.39, 0.29) is 5.91 Å². The van der Waals surface area contributed by atoms with Crippen molar-refractivity contribution in [3.8, 4) is 0 Å². The van der Waals surface area contributed by atoms with Crippen molar-refractivity contribution in [1.82, 2.24) is 5.32 Å². The van der Waals surface area contributed by atoms with Gasteiger partial charge in [-0.1, -0.05) is 0 Å². The Kier molecular flexibility index (Phi) is 3.17. The summed E-state index contributed by atoms with van der Waals surface area (Å²) in [5.74, 6) is -0.0328. The van der Waals surface area contributed by atoms with E-state index in [1.54, 1.807) is 18.4 Å². The zero-order chi connectivity index (χ0) is 12.5. The Balaban J connectivity index is 2.21. The number of benzene rings is 1. The first-order valence-electron chi connectivity index (χ1n) is 5.50. The Bertz CT molecular complexity index is 545. The topological polar surface area (TPSA) is 41.1 Å². The van der Waals surface area contributed by atoms with Crippen LogP contribution in [0.3, 0.4) is 0 Å². The lowest BCUT2D eigenvalue weighted by atomic mass is 10.1. The van der Waals surface area contributed by atoms with E-state index >= 15 is 0 Å². The summed E-state index contributed by atoms with van der Waals surface area (Å²) in [5.41, 5.74) is 0.271. The van der Waals surface area contributed by atoms with E-state index in [1.165, 1.54) is 4.70 Å². The number of fused-ring (bicyclic) bond motifs is 1. The SMILES string of the molecule is CNC(C)(C)C(=O)Nc1ccc2sccc2c1. The number of thiophene rings is 1. The van der Waals surface area contributed by atoms with Crippen molar-refractivity contribution in [2.24, 2.45) is 0 Å². The number of anilines is 1. The maximum atomic E-state index is 12.0. The molecule has 0 atom stereocenters. The van der Waals surface area contributed by atoms with Crippen molar-refractivity contribution in [2.75, 3.05) is 12.4 Å². The zero-order valence-electron chi connectivity index (χ0n) is 10.2. The van der Waals surface area contributed by atoms with Crippen LogP contribution in [0, 0.1) is 0 Å². The van der Waals surface area contributed by atoms with E-state index in [2.05, 4.69) is 16.7 Å². The van der Waals surface area contributed by atoms with E-state index in [0.717, 1.165) is 11.1 Å². The first-order valence-corrected chi connectivity index (χ1v) is 6.38. The number of likely N-dealkylation sites (N-methyl/N-ethyl adjacent to an activating group) is 1. The highest BCUT2D eigenvalue weighted by Gasteiger charge is 2.24. The molecular weight excluding hydrogens is 232 g/mol. The average molecular weight is 248 g/mol.